The van der Waals surface area contributed by atoms with Gasteiger partial charge in [0.05, 0.1) is 6.04 Å². The molecule has 88 valence electrons. The average Bonchev–Trinajstić information content (AvgIpc) is 2.54. The second-order valence-corrected chi connectivity index (χ2v) is 5.53. The van der Waals surface area contributed by atoms with Crippen LogP contribution >= 0.6 is 0 Å². The summed E-state index contributed by atoms with van der Waals surface area (Å²) in [5, 5.41) is 15.2. The third-order valence-electron chi connectivity index (χ3n) is 4.27. The average molecular weight is 213 g/mol. The van der Waals surface area contributed by atoms with Crippen molar-refractivity contribution in [1.82, 2.24) is 5.32 Å². The van der Waals surface area contributed by atoms with Gasteiger partial charge in [0, 0.05) is 6.04 Å². The van der Waals surface area contributed by atoms with Crippen molar-refractivity contribution in [3.8, 4) is 0 Å². The highest BCUT2D eigenvalue weighted by Crippen LogP contribution is 2.62. The van der Waals surface area contributed by atoms with E-state index in [1.54, 1.807) is 0 Å². The van der Waals surface area contributed by atoms with E-state index >= 15 is 0 Å². The minimum absolute atomic E-state index is 0.0268. The van der Waals surface area contributed by atoms with E-state index in [0.29, 0.717) is 6.04 Å². The van der Waals surface area contributed by atoms with Crippen LogP contribution in [0.5, 0.6) is 0 Å². The van der Waals surface area contributed by atoms with E-state index in [0.717, 1.165) is 6.42 Å². The number of oxime groups is 1. The van der Waals surface area contributed by atoms with Crippen molar-refractivity contribution in [2.24, 2.45) is 21.7 Å². The molecule has 0 aromatic heterocycles. The van der Waals surface area contributed by atoms with Crippen molar-refractivity contribution in [3.63, 3.8) is 0 Å². The molecule has 4 heteroatoms. The number of rotatable bonds is 4. The maximum atomic E-state index is 8.65. The fraction of sp³-hybridized carbons (Fsp3) is 0.909. The first kappa shape index (κ1) is 12.3. The molecule has 1 rings (SSSR count). The molecule has 1 aliphatic rings. The minimum atomic E-state index is -0.0268. The number of nitrogens with one attached hydrogen (secondary N) is 1. The van der Waals surface area contributed by atoms with Gasteiger partial charge in [-0.25, -0.2) is 0 Å². The molecule has 0 saturated heterocycles. The Morgan fingerprint density at radius 2 is 1.87 bits per heavy atom. The smallest absolute Gasteiger partial charge is 0.156 e. The zero-order chi connectivity index (χ0) is 11.9. The number of hydrogen-bond donors (Lipinski definition) is 3. The first-order valence-corrected chi connectivity index (χ1v) is 5.52. The van der Waals surface area contributed by atoms with Crippen LogP contribution in [0.4, 0.5) is 0 Å². The molecular weight excluding hydrogens is 190 g/mol. The molecule has 0 amide bonds. The van der Waals surface area contributed by atoms with E-state index in [4.69, 9.17) is 10.9 Å². The lowest BCUT2D eigenvalue weighted by Crippen LogP contribution is -2.43. The summed E-state index contributed by atoms with van der Waals surface area (Å²) in [5.41, 5.74) is 6.17. The molecule has 4 nitrogen and oxygen atoms in total. The molecule has 0 spiro atoms. The van der Waals surface area contributed by atoms with Crippen LogP contribution in [-0.2, 0) is 0 Å². The van der Waals surface area contributed by atoms with Crippen molar-refractivity contribution < 1.29 is 5.21 Å². The quantitative estimate of drug-likeness (QED) is 0.287. The number of nitrogens with zero attached hydrogens (tertiary/aromatic N) is 1. The second-order valence-electron chi connectivity index (χ2n) is 5.53. The zero-order valence-corrected chi connectivity index (χ0v) is 10.3. The van der Waals surface area contributed by atoms with Gasteiger partial charge in [0.15, 0.2) is 5.84 Å². The summed E-state index contributed by atoms with van der Waals surface area (Å²) in [7, 11) is 0. The Kier molecular flexibility index (Phi) is 3.01. The van der Waals surface area contributed by atoms with Crippen LogP contribution < -0.4 is 11.1 Å². The van der Waals surface area contributed by atoms with E-state index in [1.807, 2.05) is 6.92 Å². The van der Waals surface area contributed by atoms with E-state index in [-0.39, 0.29) is 22.7 Å². The summed E-state index contributed by atoms with van der Waals surface area (Å²) in [6.45, 7) is 11.0. The van der Waals surface area contributed by atoms with Gasteiger partial charge < -0.3 is 16.3 Å². The van der Waals surface area contributed by atoms with Crippen LogP contribution in [0.3, 0.4) is 0 Å². The van der Waals surface area contributed by atoms with Gasteiger partial charge in [0.25, 0.3) is 0 Å². The van der Waals surface area contributed by atoms with Crippen molar-refractivity contribution >= 4 is 5.84 Å². The Bertz CT molecular complexity index is 257. The number of nitrogens with two attached hydrogens (primary N) is 1. The van der Waals surface area contributed by atoms with Gasteiger partial charge in [-0.2, -0.15) is 0 Å². The minimum Gasteiger partial charge on any atom is -0.409 e. The van der Waals surface area contributed by atoms with E-state index in [1.165, 1.54) is 0 Å². The van der Waals surface area contributed by atoms with Gasteiger partial charge in [-0.3, -0.25) is 0 Å². The van der Waals surface area contributed by atoms with E-state index in [2.05, 4.69) is 38.2 Å². The molecule has 0 heterocycles. The van der Waals surface area contributed by atoms with E-state index < -0.39 is 0 Å². The normalized spacial score (nSPS) is 26.3. The van der Waals surface area contributed by atoms with Crippen molar-refractivity contribution in [1.29, 1.82) is 0 Å². The van der Waals surface area contributed by atoms with Crippen molar-refractivity contribution in [3.05, 3.63) is 0 Å². The molecule has 4 N–H and O–H groups in total. The first-order valence-electron chi connectivity index (χ1n) is 5.52. The lowest BCUT2D eigenvalue weighted by molar-refractivity contribution is 0.313. The molecule has 1 saturated carbocycles. The number of amidine groups is 1. The van der Waals surface area contributed by atoms with Gasteiger partial charge >= 0.3 is 0 Å². The van der Waals surface area contributed by atoms with E-state index in [9.17, 15) is 0 Å². The zero-order valence-electron chi connectivity index (χ0n) is 10.3. The molecule has 0 aromatic carbocycles. The van der Waals surface area contributed by atoms with Crippen LogP contribution in [0.25, 0.3) is 0 Å². The molecule has 1 unspecified atom stereocenters. The highest BCUT2D eigenvalue weighted by molar-refractivity contribution is 5.85. The second kappa shape index (κ2) is 3.67. The van der Waals surface area contributed by atoms with Crippen LogP contribution in [0, 0.1) is 10.8 Å². The third kappa shape index (κ3) is 1.83. The summed E-state index contributed by atoms with van der Waals surface area (Å²) in [6, 6.07) is 0.399. The lowest BCUT2D eigenvalue weighted by atomic mass is 10.0. The summed E-state index contributed by atoms with van der Waals surface area (Å²) in [6.07, 6.45) is 0.832. The molecule has 0 aliphatic heterocycles. The Hall–Kier alpha value is -0.770. The van der Waals surface area contributed by atoms with Crippen LogP contribution in [0.1, 0.15) is 41.0 Å². The Morgan fingerprint density at radius 1 is 1.40 bits per heavy atom. The molecule has 0 aromatic rings. The molecule has 1 aliphatic carbocycles. The SMILES string of the molecule is CCC(NC1C(C)(C)C1(C)C)C(N)=NO. The highest BCUT2D eigenvalue weighted by Gasteiger charge is 2.64. The van der Waals surface area contributed by atoms with Crippen molar-refractivity contribution in [2.45, 2.75) is 53.1 Å². The van der Waals surface area contributed by atoms with Gasteiger partial charge in [-0.05, 0) is 17.3 Å². The van der Waals surface area contributed by atoms with Gasteiger partial charge in [0.2, 0.25) is 0 Å². The summed E-state index contributed by atoms with van der Waals surface area (Å²) in [5.74, 6) is 0.274. The topological polar surface area (TPSA) is 70.6 Å². The molecule has 0 radical (unpaired) electrons. The van der Waals surface area contributed by atoms with Crippen LogP contribution in [0.15, 0.2) is 5.16 Å². The van der Waals surface area contributed by atoms with Crippen LogP contribution in [0.2, 0.25) is 0 Å². The fourth-order valence-corrected chi connectivity index (χ4v) is 2.30. The lowest BCUT2D eigenvalue weighted by Gasteiger charge is -2.16. The predicted molar refractivity (Wildman–Crippen MR) is 62.0 cm³/mol. The maximum Gasteiger partial charge on any atom is 0.156 e. The molecule has 15 heavy (non-hydrogen) atoms. The fourth-order valence-electron chi connectivity index (χ4n) is 2.30. The molecular formula is C11H23N3O. The Morgan fingerprint density at radius 3 is 2.13 bits per heavy atom. The summed E-state index contributed by atoms with van der Waals surface area (Å²) >= 11 is 0. The molecule has 1 fully saturated rings. The summed E-state index contributed by atoms with van der Waals surface area (Å²) in [4.78, 5) is 0. The standard InChI is InChI=1S/C11H23N3O/c1-6-7(8(12)14-15)13-9-10(2,3)11(9,4)5/h7,9,13,15H,6H2,1-5H3,(H2,12,14). The summed E-state index contributed by atoms with van der Waals surface area (Å²) < 4.78 is 0. The van der Waals surface area contributed by atoms with Gasteiger partial charge in [-0.15, -0.1) is 0 Å². The number of hydrogen-bond acceptors (Lipinski definition) is 3. The first-order chi connectivity index (χ1) is 6.79. The molecule has 1 atom stereocenters. The Labute approximate surface area is 91.9 Å². The Balaban J connectivity index is 2.64. The van der Waals surface area contributed by atoms with Gasteiger partial charge in [-0.1, -0.05) is 39.8 Å². The third-order valence-corrected chi connectivity index (χ3v) is 4.27. The highest BCUT2D eigenvalue weighted by atomic mass is 16.4. The maximum absolute atomic E-state index is 8.65. The van der Waals surface area contributed by atoms with Crippen molar-refractivity contribution in [2.75, 3.05) is 0 Å². The monoisotopic (exact) mass is 213 g/mol. The molecule has 0 bridgehead atoms. The predicted octanol–water partition coefficient (Wildman–Crippen LogP) is 1.54. The van der Waals surface area contributed by atoms with Gasteiger partial charge in [0.1, 0.15) is 0 Å². The largest absolute Gasteiger partial charge is 0.409 e. The van der Waals surface area contributed by atoms with Crippen LogP contribution in [-0.4, -0.2) is 23.1 Å².